The summed E-state index contributed by atoms with van der Waals surface area (Å²) in [5, 5.41) is 13.3. The quantitative estimate of drug-likeness (QED) is 0.118. The number of hydrogen-bond acceptors (Lipinski definition) is 8. The van der Waals surface area contributed by atoms with Crippen molar-refractivity contribution >= 4 is 57.4 Å². The van der Waals surface area contributed by atoms with Crippen molar-refractivity contribution in [3.63, 3.8) is 0 Å². The Morgan fingerprint density at radius 2 is 1.71 bits per heavy atom. The Labute approximate surface area is 258 Å². The van der Waals surface area contributed by atoms with Crippen molar-refractivity contribution in [2.24, 2.45) is 0 Å². The number of urea groups is 1. The molecule has 2 aromatic heterocycles. The molecular weight excluding hydrogens is 589 g/mol. The van der Waals surface area contributed by atoms with Gasteiger partial charge >= 0.3 is 6.03 Å². The maximum absolute atomic E-state index is 13.5. The van der Waals surface area contributed by atoms with Crippen molar-refractivity contribution in [3.8, 4) is 21.0 Å². The molecule has 2 amide bonds. The molecule has 4 rings (SSSR count). The molecule has 42 heavy (non-hydrogen) atoms. The van der Waals surface area contributed by atoms with Crippen molar-refractivity contribution in [1.82, 2.24) is 30.3 Å². The summed E-state index contributed by atoms with van der Waals surface area (Å²) < 4.78 is 16.6. The van der Waals surface area contributed by atoms with Crippen LogP contribution in [-0.2, 0) is 17.9 Å². The van der Waals surface area contributed by atoms with Crippen LogP contribution in [0.5, 0.6) is 0 Å². The Morgan fingerprint density at radius 1 is 1.02 bits per heavy atom. The van der Waals surface area contributed by atoms with Crippen LogP contribution >= 0.6 is 23.6 Å². The zero-order valence-electron chi connectivity index (χ0n) is 24.0. The summed E-state index contributed by atoms with van der Waals surface area (Å²) in [5.74, 6) is 0. The standard InChI is InChI=1S/C29H34N8O2S3/c1-18(2)34-28(40)36-21-8-6-20(7-9-21)26-32-16-24(41-26)23-11-10-22(12-25(23)42(39)37-29(3,4)5)35-27(38)33-15-19-13-30-17-31-14-19/h6-14,16-18,37H,15H2,1-5H3,(H2,33,35,38)(H2,34,36,40). The van der Waals surface area contributed by atoms with Gasteiger partial charge < -0.3 is 25.8 Å². The number of thiocarbonyl (C=S) groups is 1. The first-order valence-corrected chi connectivity index (χ1v) is 15.6. The van der Waals surface area contributed by atoms with E-state index >= 15 is 0 Å². The summed E-state index contributed by atoms with van der Waals surface area (Å²) >= 11 is 5.27. The molecule has 1 unspecified atom stereocenters. The largest absolute Gasteiger partial charge is 0.593 e. The molecule has 5 N–H and O–H groups in total. The lowest BCUT2D eigenvalue weighted by atomic mass is 10.1. The lowest BCUT2D eigenvalue weighted by molar-refractivity contribution is 0.251. The number of amides is 2. The smallest absolute Gasteiger partial charge is 0.319 e. The highest BCUT2D eigenvalue weighted by atomic mass is 32.2. The van der Waals surface area contributed by atoms with Crippen LogP contribution in [0.4, 0.5) is 16.2 Å². The maximum atomic E-state index is 13.5. The lowest BCUT2D eigenvalue weighted by Gasteiger charge is -2.23. The van der Waals surface area contributed by atoms with Gasteiger partial charge in [-0.2, -0.15) is 0 Å². The second kappa shape index (κ2) is 14.0. The van der Waals surface area contributed by atoms with E-state index < -0.39 is 22.9 Å². The molecule has 0 saturated heterocycles. The van der Waals surface area contributed by atoms with Gasteiger partial charge in [-0.15, -0.1) is 16.1 Å². The molecule has 0 aliphatic carbocycles. The van der Waals surface area contributed by atoms with Gasteiger partial charge in [0.1, 0.15) is 11.3 Å². The fourth-order valence-electron chi connectivity index (χ4n) is 3.73. The van der Waals surface area contributed by atoms with E-state index in [9.17, 15) is 9.35 Å². The average molecular weight is 623 g/mol. The third kappa shape index (κ3) is 9.19. The van der Waals surface area contributed by atoms with Gasteiger partial charge in [-0.25, -0.2) is 19.7 Å². The lowest BCUT2D eigenvalue weighted by Crippen LogP contribution is -2.40. The van der Waals surface area contributed by atoms with Gasteiger partial charge in [-0.1, -0.05) is 0 Å². The monoisotopic (exact) mass is 622 g/mol. The summed E-state index contributed by atoms with van der Waals surface area (Å²) in [4.78, 5) is 26.5. The van der Waals surface area contributed by atoms with E-state index in [2.05, 4.69) is 40.9 Å². The summed E-state index contributed by atoms with van der Waals surface area (Å²) in [6.45, 7) is 10.2. The Kier molecular flexibility index (Phi) is 10.5. The molecule has 10 nitrogen and oxygen atoms in total. The summed E-state index contributed by atoms with van der Waals surface area (Å²) in [5.41, 5.74) is 3.49. The Hall–Kier alpha value is -3.62. The van der Waals surface area contributed by atoms with Crippen molar-refractivity contribution in [3.05, 3.63) is 72.9 Å². The van der Waals surface area contributed by atoms with E-state index in [1.807, 2.05) is 65.0 Å². The van der Waals surface area contributed by atoms with Crippen LogP contribution in [0.1, 0.15) is 40.2 Å². The number of rotatable bonds is 9. The molecule has 0 aliphatic heterocycles. The molecule has 0 saturated carbocycles. The van der Waals surface area contributed by atoms with Crippen LogP contribution in [0.2, 0.25) is 0 Å². The number of nitrogens with zero attached hydrogens (tertiary/aromatic N) is 3. The molecule has 0 spiro atoms. The highest BCUT2D eigenvalue weighted by Gasteiger charge is 2.26. The minimum atomic E-state index is -1.56. The van der Waals surface area contributed by atoms with Gasteiger partial charge in [0.25, 0.3) is 0 Å². The molecule has 0 bridgehead atoms. The average Bonchev–Trinajstić information content (AvgIpc) is 3.42. The molecule has 0 fully saturated rings. The van der Waals surface area contributed by atoms with Gasteiger partial charge in [-0.05, 0) is 83.2 Å². The third-order valence-electron chi connectivity index (χ3n) is 5.49. The molecule has 4 aromatic rings. The highest BCUT2D eigenvalue weighted by molar-refractivity contribution is 7.89. The number of benzene rings is 2. The van der Waals surface area contributed by atoms with E-state index in [1.165, 1.54) is 17.7 Å². The van der Waals surface area contributed by atoms with Crippen molar-refractivity contribution < 1.29 is 9.35 Å². The van der Waals surface area contributed by atoms with Crippen LogP contribution in [0.25, 0.3) is 21.0 Å². The first kappa shape index (κ1) is 31.3. The number of hydrogen-bond donors (Lipinski definition) is 5. The normalized spacial score (nSPS) is 12.1. The van der Waals surface area contributed by atoms with E-state index in [1.54, 1.807) is 30.7 Å². The SMILES string of the molecule is CC(C)NC(=S)Nc1ccc(-c2ncc(-c3ccc(NC(=O)NCc4cncnc4)cc3[S+]([O-])NC(C)(C)C)s2)cc1. The van der Waals surface area contributed by atoms with Crippen LogP contribution in [0, 0.1) is 0 Å². The van der Waals surface area contributed by atoms with Gasteiger partial charge in [-0.3, -0.25) is 0 Å². The van der Waals surface area contributed by atoms with Gasteiger partial charge in [0.05, 0.1) is 27.3 Å². The summed E-state index contributed by atoms with van der Waals surface area (Å²) in [7, 11) is 0. The topological polar surface area (TPSA) is 139 Å². The predicted molar refractivity (Wildman–Crippen MR) is 175 cm³/mol. The third-order valence-corrected chi connectivity index (χ3v) is 8.32. The molecule has 0 aliphatic rings. The maximum Gasteiger partial charge on any atom is 0.319 e. The van der Waals surface area contributed by atoms with Crippen LogP contribution in [0.15, 0.2) is 72.3 Å². The zero-order chi connectivity index (χ0) is 30.3. The molecule has 13 heteroatoms. The number of anilines is 2. The number of carbonyl (C=O) groups excluding carboxylic acids is 1. The molecule has 2 heterocycles. The molecule has 220 valence electrons. The fraction of sp³-hybridized carbons (Fsp3) is 0.276. The Morgan fingerprint density at radius 3 is 2.38 bits per heavy atom. The van der Waals surface area contributed by atoms with E-state index in [-0.39, 0.29) is 12.6 Å². The van der Waals surface area contributed by atoms with Gasteiger partial charge in [0, 0.05) is 59.7 Å². The van der Waals surface area contributed by atoms with Crippen LogP contribution in [0.3, 0.4) is 0 Å². The second-order valence-electron chi connectivity index (χ2n) is 10.7. The molecule has 2 aromatic carbocycles. The Bertz CT molecular complexity index is 1510. The van der Waals surface area contributed by atoms with E-state index in [0.29, 0.717) is 15.7 Å². The Balaban J connectivity index is 1.53. The van der Waals surface area contributed by atoms with Crippen LogP contribution < -0.4 is 26.0 Å². The van der Waals surface area contributed by atoms with Crippen molar-refractivity contribution in [2.45, 2.75) is 57.6 Å². The number of thiazole rings is 1. The second-order valence-corrected chi connectivity index (χ2v) is 13.4. The van der Waals surface area contributed by atoms with Gasteiger partial charge in [0.2, 0.25) is 0 Å². The minimum absolute atomic E-state index is 0.244. The summed E-state index contributed by atoms with van der Waals surface area (Å²) in [6, 6.07) is 13.1. The number of nitrogens with one attached hydrogen (secondary N) is 5. The molecule has 1 atom stereocenters. The van der Waals surface area contributed by atoms with Crippen LogP contribution in [-0.4, -0.2) is 42.2 Å². The summed E-state index contributed by atoms with van der Waals surface area (Å²) in [6.07, 6.45) is 6.48. The fourth-order valence-corrected chi connectivity index (χ4v) is 6.38. The molecule has 0 radical (unpaired) electrons. The van der Waals surface area contributed by atoms with Crippen molar-refractivity contribution in [1.29, 1.82) is 0 Å². The number of carbonyl (C=O) groups is 1. The highest BCUT2D eigenvalue weighted by Crippen LogP contribution is 2.37. The zero-order valence-corrected chi connectivity index (χ0v) is 26.5. The van der Waals surface area contributed by atoms with Crippen molar-refractivity contribution in [2.75, 3.05) is 10.6 Å². The van der Waals surface area contributed by atoms with Gasteiger partial charge in [0.15, 0.2) is 10.0 Å². The predicted octanol–water partition coefficient (Wildman–Crippen LogP) is 5.69. The molecular formula is C29H34N8O2S3. The first-order valence-electron chi connectivity index (χ1n) is 13.2. The van der Waals surface area contributed by atoms with E-state index in [4.69, 9.17) is 12.2 Å². The minimum Gasteiger partial charge on any atom is -0.593 e. The van der Waals surface area contributed by atoms with E-state index in [0.717, 1.165) is 32.3 Å². The number of aromatic nitrogens is 3. The first-order chi connectivity index (χ1) is 20.0.